The lowest BCUT2D eigenvalue weighted by atomic mass is 9.79. The second-order valence-corrected chi connectivity index (χ2v) is 8.49. The number of sulfonamides is 1. The zero-order valence-corrected chi connectivity index (χ0v) is 13.8. The lowest BCUT2D eigenvalue weighted by Gasteiger charge is -2.42. The molecule has 2 saturated heterocycles. The smallest absolute Gasteiger partial charge is 0.211 e. The van der Waals surface area contributed by atoms with E-state index >= 15 is 0 Å². The van der Waals surface area contributed by atoms with Crippen LogP contribution in [0.15, 0.2) is 22.8 Å². The Bertz CT molecular complexity index is 577. The van der Waals surface area contributed by atoms with Gasteiger partial charge in [0.2, 0.25) is 10.0 Å². The number of hydrogen-bond donors (Lipinski definition) is 0. The first-order chi connectivity index (χ1) is 10.5. The van der Waals surface area contributed by atoms with E-state index < -0.39 is 10.0 Å². The maximum Gasteiger partial charge on any atom is 0.211 e. The molecule has 2 aliphatic heterocycles. The summed E-state index contributed by atoms with van der Waals surface area (Å²) in [6, 6.07) is 3.90. The van der Waals surface area contributed by atoms with Crippen LogP contribution in [0.2, 0.25) is 0 Å². The predicted molar refractivity (Wildman–Crippen MR) is 82.9 cm³/mol. The summed E-state index contributed by atoms with van der Waals surface area (Å²) in [5.74, 6) is 0.978. The van der Waals surface area contributed by atoms with Crippen molar-refractivity contribution < 1.29 is 17.6 Å². The van der Waals surface area contributed by atoms with Gasteiger partial charge in [-0.1, -0.05) is 0 Å². The molecular weight excluding hydrogens is 304 g/mol. The van der Waals surface area contributed by atoms with Crippen LogP contribution in [-0.4, -0.2) is 63.3 Å². The quantitative estimate of drug-likeness (QED) is 0.833. The number of hydrogen-bond acceptors (Lipinski definition) is 5. The molecule has 0 atom stereocenters. The molecule has 0 radical (unpaired) electrons. The predicted octanol–water partition coefficient (Wildman–Crippen LogP) is 1.15. The molecule has 3 heterocycles. The summed E-state index contributed by atoms with van der Waals surface area (Å²) < 4.78 is 36.5. The minimum absolute atomic E-state index is 0.0424. The van der Waals surface area contributed by atoms with E-state index in [9.17, 15) is 8.42 Å². The molecule has 0 N–H and O–H groups in total. The molecule has 124 valence electrons. The van der Waals surface area contributed by atoms with Crippen LogP contribution in [0.3, 0.4) is 0 Å². The van der Waals surface area contributed by atoms with Crippen molar-refractivity contribution in [2.75, 3.05) is 45.6 Å². The van der Waals surface area contributed by atoms with Gasteiger partial charge < -0.3 is 9.15 Å². The second-order valence-electron chi connectivity index (χ2n) is 6.50. The van der Waals surface area contributed by atoms with Gasteiger partial charge in [-0.2, -0.15) is 4.31 Å². The molecule has 7 heteroatoms. The van der Waals surface area contributed by atoms with E-state index in [1.54, 1.807) is 10.6 Å². The maximum atomic E-state index is 11.9. The minimum Gasteiger partial charge on any atom is -0.468 e. The minimum atomic E-state index is -3.15. The molecule has 0 bridgehead atoms. The summed E-state index contributed by atoms with van der Waals surface area (Å²) in [6.07, 6.45) is 4.90. The summed E-state index contributed by atoms with van der Waals surface area (Å²) in [5.41, 5.74) is -0.0424. The van der Waals surface area contributed by atoms with Gasteiger partial charge in [0.15, 0.2) is 0 Å². The fraction of sp³-hybridized carbons (Fsp3) is 0.733. The van der Waals surface area contributed by atoms with E-state index in [4.69, 9.17) is 9.15 Å². The van der Waals surface area contributed by atoms with Crippen molar-refractivity contribution in [1.29, 1.82) is 0 Å². The van der Waals surface area contributed by atoms with E-state index in [1.807, 2.05) is 12.1 Å². The number of likely N-dealkylation sites (tertiary alicyclic amines) is 1. The highest BCUT2D eigenvalue weighted by Crippen LogP contribution is 2.35. The summed E-state index contributed by atoms with van der Waals surface area (Å²) in [4.78, 5) is 2.36. The molecule has 0 aliphatic carbocycles. The summed E-state index contributed by atoms with van der Waals surface area (Å²) in [5, 5.41) is 0. The van der Waals surface area contributed by atoms with Crippen LogP contribution in [-0.2, 0) is 21.3 Å². The van der Waals surface area contributed by atoms with Gasteiger partial charge in [-0.05, 0) is 38.1 Å². The Hall–Kier alpha value is -0.890. The van der Waals surface area contributed by atoms with Crippen molar-refractivity contribution in [3.8, 4) is 0 Å². The van der Waals surface area contributed by atoms with Gasteiger partial charge >= 0.3 is 0 Å². The Balaban J connectivity index is 1.62. The fourth-order valence-corrected chi connectivity index (χ4v) is 4.26. The molecular formula is C15H24N2O4S. The fourth-order valence-electron chi connectivity index (χ4n) is 3.35. The zero-order valence-electron chi connectivity index (χ0n) is 13.0. The van der Waals surface area contributed by atoms with Gasteiger partial charge in [0.25, 0.3) is 0 Å². The molecule has 1 spiro atoms. The molecule has 2 fully saturated rings. The van der Waals surface area contributed by atoms with Gasteiger partial charge in [0.1, 0.15) is 5.76 Å². The molecule has 6 nitrogen and oxygen atoms in total. The molecule has 2 aliphatic rings. The monoisotopic (exact) mass is 328 g/mol. The zero-order chi connectivity index (χ0) is 15.6. The second kappa shape index (κ2) is 6.31. The van der Waals surface area contributed by atoms with E-state index in [0.29, 0.717) is 26.3 Å². The van der Waals surface area contributed by atoms with Crippen molar-refractivity contribution >= 4 is 10.0 Å². The van der Waals surface area contributed by atoms with Crippen LogP contribution in [0.1, 0.15) is 18.6 Å². The highest BCUT2D eigenvalue weighted by molar-refractivity contribution is 7.88. The molecule has 0 saturated carbocycles. The normalized spacial score (nSPS) is 24.4. The van der Waals surface area contributed by atoms with E-state index in [2.05, 4.69) is 4.90 Å². The average Bonchev–Trinajstić information content (AvgIpc) is 2.88. The Morgan fingerprint density at radius 1 is 1.27 bits per heavy atom. The number of piperidine rings is 1. The first-order valence-corrected chi connectivity index (χ1v) is 9.59. The van der Waals surface area contributed by atoms with Crippen molar-refractivity contribution in [2.24, 2.45) is 5.41 Å². The van der Waals surface area contributed by atoms with Crippen molar-refractivity contribution in [3.63, 3.8) is 0 Å². The van der Waals surface area contributed by atoms with E-state index in [1.165, 1.54) is 6.26 Å². The van der Waals surface area contributed by atoms with Crippen LogP contribution in [0.4, 0.5) is 0 Å². The third-order valence-electron chi connectivity index (χ3n) is 4.75. The average molecular weight is 328 g/mol. The molecule has 1 aromatic heterocycles. The Morgan fingerprint density at radius 2 is 2.05 bits per heavy atom. The van der Waals surface area contributed by atoms with Crippen molar-refractivity contribution in [3.05, 3.63) is 24.2 Å². The summed E-state index contributed by atoms with van der Waals surface area (Å²) >= 11 is 0. The number of furan rings is 1. The SMILES string of the molecule is CS(=O)(=O)N1CCOCC2(CCN(Cc3ccco3)CC2)C1. The Labute approximate surface area is 132 Å². The van der Waals surface area contributed by atoms with E-state index in [0.717, 1.165) is 38.2 Å². The molecule has 0 amide bonds. The first kappa shape index (κ1) is 16.0. The van der Waals surface area contributed by atoms with Gasteiger partial charge in [-0.15, -0.1) is 0 Å². The molecule has 3 rings (SSSR count). The van der Waals surface area contributed by atoms with Crippen LogP contribution < -0.4 is 0 Å². The van der Waals surface area contributed by atoms with Gasteiger partial charge in [0.05, 0.1) is 32.3 Å². The van der Waals surface area contributed by atoms with Crippen molar-refractivity contribution in [2.45, 2.75) is 19.4 Å². The number of nitrogens with zero attached hydrogens (tertiary/aromatic N) is 2. The Morgan fingerprint density at radius 3 is 2.68 bits per heavy atom. The number of ether oxygens (including phenoxy) is 1. The maximum absolute atomic E-state index is 11.9. The third kappa shape index (κ3) is 3.71. The molecule has 22 heavy (non-hydrogen) atoms. The van der Waals surface area contributed by atoms with Gasteiger partial charge in [-0.25, -0.2) is 8.42 Å². The lowest BCUT2D eigenvalue weighted by Crippen LogP contribution is -2.48. The highest BCUT2D eigenvalue weighted by Gasteiger charge is 2.40. The Kier molecular flexibility index (Phi) is 4.59. The highest BCUT2D eigenvalue weighted by atomic mass is 32.2. The van der Waals surface area contributed by atoms with Crippen LogP contribution in [0.5, 0.6) is 0 Å². The summed E-state index contributed by atoms with van der Waals surface area (Å²) in [7, 11) is -3.15. The summed E-state index contributed by atoms with van der Waals surface area (Å²) in [6.45, 7) is 4.92. The molecule has 0 aromatic carbocycles. The first-order valence-electron chi connectivity index (χ1n) is 7.75. The van der Waals surface area contributed by atoms with E-state index in [-0.39, 0.29) is 5.41 Å². The standard InChI is InChI=1S/C15H24N2O4S/c1-22(18,19)17-8-10-20-13-15(12-17)4-6-16(7-5-15)11-14-3-2-9-21-14/h2-3,9H,4-8,10-13H2,1H3. The van der Waals surface area contributed by atoms with Crippen molar-refractivity contribution in [1.82, 2.24) is 9.21 Å². The van der Waals surface area contributed by atoms with Gasteiger partial charge in [0, 0.05) is 18.5 Å². The molecule has 1 aromatic rings. The molecule has 0 unspecified atom stereocenters. The number of rotatable bonds is 3. The van der Waals surface area contributed by atoms with Crippen LogP contribution >= 0.6 is 0 Å². The third-order valence-corrected chi connectivity index (χ3v) is 6.00. The largest absolute Gasteiger partial charge is 0.468 e. The van der Waals surface area contributed by atoms with Gasteiger partial charge in [-0.3, -0.25) is 4.90 Å². The van der Waals surface area contributed by atoms with Crippen LogP contribution in [0, 0.1) is 5.41 Å². The lowest BCUT2D eigenvalue weighted by molar-refractivity contribution is 0.0152. The topological polar surface area (TPSA) is 63.0 Å². The van der Waals surface area contributed by atoms with Crippen LogP contribution in [0.25, 0.3) is 0 Å².